The molecule has 4 nitrogen and oxygen atoms in total. The van der Waals surface area contributed by atoms with Gasteiger partial charge in [0.15, 0.2) is 0 Å². The Balaban J connectivity index is 2.59. The first kappa shape index (κ1) is 20.4. The van der Waals surface area contributed by atoms with E-state index in [0.717, 1.165) is 18.2 Å². The number of carboxylic acid groups (broad SMARTS) is 1. The Morgan fingerprint density at radius 2 is 1.41 bits per heavy atom. The Hall–Kier alpha value is -2.88. The maximum atomic E-state index is 12.9. The van der Waals surface area contributed by atoms with Crippen molar-refractivity contribution in [2.24, 2.45) is 0 Å². The fourth-order valence-electron chi connectivity index (χ4n) is 2.44. The number of halogens is 6. The summed E-state index contributed by atoms with van der Waals surface area (Å²) in [5, 5.41) is 18.5. The van der Waals surface area contributed by atoms with Gasteiger partial charge in [0.25, 0.3) is 5.60 Å². The molecule has 144 valence electrons. The third kappa shape index (κ3) is 3.52. The highest BCUT2D eigenvalue weighted by molar-refractivity contribution is 5.98. The van der Waals surface area contributed by atoms with Crippen LogP contribution in [0.25, 0.3) is 11.1 Å². The predicted molar refractivity (Wildman–Crippen MR) is 80.2 cm³/mol. The Morgan fingerprint density at radius 3 is 1.81 bits per heavy atom. The molecule has 0 amide bonds. The van der Waals surface area contributed by atoms with Crippen molar-refractivity contribution < 1.29 is 46.1 Å². The minimum Gasteiger partial charge on any atom is -0.478 e. The first-order valence-electron chi connectivity index (χ1n) is 7.12. The molecular weight excluding hydrogens is 382 g/mol. The van der Waals surface area contributed by atoms with E-state index < -0.39 is 29.5 Å². The summed E-state index contributed by atoms with van der Waals surface area (Å²) in [6, 6.07) is 5.91. The van der Waals surface area contributed by atoms with Crippen molar-refractivity contribution in [3.8, 4) is 11.1 Å². The summed E-state index contributed by atoms with van der Waals surface area (Å²) in [5.41, 5.74) is -6.92. The molecule has 2 aromatic carbocycles. The molecule has 27 heavy (non-hydrogen) atoms. The Labute approximate surface area is 147 Å². The van der Waals surface area contributed by atoms with Gasteiger partial charge in [-0.1, -0.05) is 36.4 Å². The molecule has 0 aromatic heterocycles. The highest BCUT2D eigenvalue weighted by Gasteiger charge is 2.71. The van der Waals surface area contributed by atoms with E-state index in [9.17, 15) is 46.1 Å². The molecule has 0 unspecified atom stereocenters. The van der Waals surface area contributed by atoms with Crippen molar-refractivity contribution in [1.29, 1.82) is 0 Å². The number of carboxylic acids is 1. The first-order valence-corrected chi connectivity index (χ1v) is 7.12. The van der Waals surface area contributed by atoms with Crippen LogP contribution in [0, 0.1) is 0 Å². The summed E-state index contributed by atoms with van der Waals surface area (Å²) in [4.78, 5) is 22.0. The number of alkyl halides is 6. The smallest absolute Gasteiger partial charge is 0.430 e. The third-order valence-electron chi connectivity index (χ3n) is 3.84. The van der Waals surface area contributed by atoms with Gasteiger partial charge in [0.05, 0.1) is 5.56 Å². The van der Waals surface area contributed by atoms with Gasteiger partial charge in [-0.05, 0) is 17.2 Å². The predicted octanol–water partition coefficient (Wildman–Crippen LogP) is 4.18. The maximum Gasteiger partial charge on any atom is 0.430 e. The van der Waals surface area contributed by atoms with Crippen molar-refractivity contribution in [2.45, 2.75) is 18.0 Å². The SMILES string of the molecule is O=Cc1ccc(-c2ccc(C(O)(C(F)(F)F)C(F)(F)F)cc2)c(C(=O)O)c1. The summed E-state index contributed by atoms with van der Waals surface area (Å²) in [7, 11) is 0. The number of aliphatic hydroxyl groups is 1. The fourth-order valence-corrected chi connectivity index (χ4v) is 2.44. The fraction of sp³-hybridized carbons (Fsp3) is 0.176. The van der Waals surface area contributed by atoms with E-state index in [4.69, 9.17) is 0 Å². The Kier molecular flexibility index (Phi) is 5.06. The van der Waals surface area contributed by atoms with E-state index in [1.54, 1.807) is 0 Å². The van der Waals surface area contributed by atoms with Crippen LogP contribution in [0.3, 0.4) is 0 Å². The van der Waals surface area contributed by atoms with Gasteiger partial charge in [0, 0.05) is 11.1 Å². The highest BCUT2D eigenvalue weighted by atomic mass is 19.4. The van der Waals surface area contributed by atoms with Gasteiger partial charge >= 0.3 is 18.3 Å². The van der Waals surface area contributed by atoms with Crippen LogP contribution in [0.5, 0.6) is 0 Å². The van der Waals surface area contributed by atoms with Crippen LogP contribution in [0.1, 0.15) is 26.3 Å². The number of hydrogen-bond acceptors (Lipinski definition) is 3. The van der Waals surface area contributed by atoms with Crippen molar-refractivity contribution in [2.75, 3.05) is 0 Å². The number of aldehydes is 1. The Morgan fingerprint density at radius 1 is 0.889 bits per heavy atom. The summed E-state index contributed by atoms with van der Waals surface area (Å²) >= 11 is 0. The molecule has 2 aromatic rings. The zero-order chi connectivity index (χ0) is 20.6. The average Bonchev–Trinajstić information content (AvgIpc) is 2.58. The van der Waals surface area contributed by atoms with Gasteiger partial charge in [-0.2, -0.15) is 26.3 Å². The van der Waals surface area contributed by atoms with Crippen molar-refractivity contribution >= 4 is 12.3 Å². The maximum absolute atomic E-state index is 12.9. The van der Waals surface area contributed by atoms with Crippen molar-refractivity contribution in [3.05, 3.63) is 59.2 Å². The molecule has 0 atom stereocenters. The van der Waals surface area contributed by atoms with E-state index >= 15 is 0 Å². The second-order valence-electron chi connectivity index (χ2n) is 5.51. The van der Waals surface area contributed by atoms with E-state index in [0.29, 0.717) is 18.4 Å². The molecule has 0 bridgehead atoms. The van der Waals surface area contributed by atoms with Gasteiger partial charge in [-0.3, -0.25) is 4.79 Å². The van der Waals surface area contributed by atoms with Crippen LogP contribution in [0.2, 0.25) is 0 Å². The molecule has 0 saturated heterocycles. The molecular formula is C17H10F6O4. The minimum atomic E-state index is -6.02. The molecule has 0 aliphatic rings. The van der Waals surface area contributed by atoms with Crippen molar-refractivity contribution in [3.63, 3.8) is 0 Å². The Bertz CT molecular complexity index is 854. The number of carbonyl (C=O) groups excluding carboxylic acids is 1. The van der Waals surface area contributed by atoms with E-state index in [2.05, 4.69) is 0 Å². The lowest BCUT2D eigenvalue weighted by Crippen LogP contribution is -2.53. The molecule has 0 spiro atoms. The quantitative estimate of drug-likeness (QED) is 0.605. The molecule has 0 radical (unpaired) electrons. The van der Waals surface area contributed by atoms with E-state index in [1.165, 1.54) is 12.1 Å². The molecule has 0 heterocycles. The van der Waals surface area contributed by atoms with Crippen LogP contribution in [0.4, 0.5) is 26.3 Å². The number of carbonyl (C=O) groups is 2. The lowest BCUT2D eigenvalue weighted by Gasteiger charge is -2.32. The summed E-state index contributed by atoms with van der Waals surface area (Å²) in [6.07, 6.45) is -11.7. The summed E-state index contributed by atoms with van der Waals surface area (Å²) in [5.74, 6) is -1.44. The van der Waals surface area contributed by atoms with Crippen LogP contribution in [-0.4, -0.2) is 34.8 Å². The summed E-state index contributed by atoms with van der Waals surface area (Å²) < 4.78 is 77.3. The lowest BCUT2D eigenvalue weighted by molar-refractivity contribution is -0.376. The highest BCUT2D eigenvalue weighted by Crippen LogP contribution is 2.50. The third-order valence-corrected chi connectivity index (χ3v) is 3.84. The van der Waals surface area contributed by atoms with E-state index in [1.807, 2.05) is 0 Å². The molecule has 0 fully saturated rings. The standard InChI is InChI=1S/C17H10F6O4/c18-16(19,20)15(27,17(21,22)23)11-4-2-10(3-5-11)12-6-1-9(8-24)7-13(12)14(25)26/h1-8,27H,(H,25,26). The van der Waals surface area contributed by atoms with Gasteiger partial charge < -0.3 is 10.2 Å². The van der Waals surface area contributed by atoms with Gasteiger partial charge in [-0.15, -0.1) is 0 Å². The summed E-state index contributed by atoms with van der Waals surface area (Å²) in [6.45, 7) is 0. The second kappa shape index (κ2) is 6.69. The largest absolute Gasteiger partial charge is 0.478 e. The van der Waals surface area contributed by atoms with Crippen LogP contribution >= 0.6 is 0 Å². The molecule has 0 saturated carbocycles. The van der Waals surface area contributed by atoms with Crippen molar-refractivity contribution in [1.82, 2.24) is 0 Å². The lowest BCUT2D eigenvalue weighted by atomic mass is 9.90. The molecule has 2 rings (SSSR count). The van der Waals surface area contributed by atoms with Gasteiger partial charge in [0.1, 0.15) is 6.29 Å². The number of benzene rings is 2. The number of hydrogen-bond donors (Lipinski definition) is 2. The van der Waals surface area contributed by atoms with E-state index in [-0.39, 0.29) is 22.3 Å². The first-order chi connectivity index (χ1) is 12.3. The van der Waals surface area contributed by atoms with Crippen LogP contribution < -0.4 is 0 Å². The zero-order valence-electron chi connectivity index (χ0n) is 13.1. The average molecular weight is 392 g/mol. The number of rotatable bonds is 4. The molecule has 0 aliphatic heterocycles. The normalized spacial score (nSPS) is 12.7. The topological polar surface area (TPSA) is 74.6 Å². The second-order valence-corrected chi connectivity index (χ2v) is 5.51. The molecule has 2 N–H and O–H groups in total. The van der Waals surface area contributed by atoms with Gasteiger partial charge in [-0.25, -0.2) is 4.79 Å². The van der Waals surface area contributed by atoms with Crippen LogP contribution in [0.15, 0.2) is 42.5 Å². The molecule has 0 aliphatic carbocycles. The minimum absolute atomic E-state index is 0.0136. The van der Waals surface area contributed by atoms with Gasteiger partial charge in [0.2, 0.25) is 0 Å². The van der Waals surface area contributed by atoms with Crippen LogP contribution in [-0.2, 0) is 5.60 Å². The zero-order valence-corrected chi connectivity index (χ0v) is 13.1. The monoisotopic (exact) mass is 392 g/mol. The molecule has 10 heteroatoms. The number of aromatic carboxylic acids is 1.